The lowest BCUT2D eigenvalue weighted by Crippen LogP contribution is -2.54. The van der Waals surface area contributed by atoms with E-state index < -0.39 is 28.7 Å². The number of rotatable bonds is 7. The fraction of sp³-hybridized carbons (Fsp3) is 0.0400. The summed E-state index contributed by atoms with van der Waals surface area (Å²) in [5.41, 5.74) is 0.422. The molecule has 37 heavy (non-hydrogen) atoms. The number of para-hydroxylation sites is 1. The number of ether oxygens (including phenoxy) is 1. The summed E-state index contributed by atoms with van der Waals surface area (Å²) in [5.74, 6) is -2.03. The van der Waals surface area contributed by atoms with Gasteiger partial charge in [0.05, 0.1) is 15.6 Å². The van der Waals surface area contributed by atoms with E-state index in [4.69, 9.17) is 16.3 Å². The van der Waals surface area contributed by atoms with Crippen LogP contribution in [-0.4, -0.2) is 35.3 Å². The predicted molar refractivity (Wildman–Crippen MR) is 134 cm³/mol. The number of nitrogens with zero attached hydrogens (tertiary/aromatic N) is 2. The van der Waals surface area contributed by atoms with Crippen molar-refractivity contribution in [3.63, 3.8) is 0 Å². The maximum Gasteiger partial charge on any atom is 0.335 e. The minimum atomic E-state index is -0.989. The van der Waals surface area contributed by atoms with Gasteiger partial charge < -0.3 is 10.1 Å². The number of imide groups is 2. The topological polar surface area (TPSA) is 148 Å². The van der Waals surface area contributed by atoms with Gasteiger partial charge in [-0.3, -0.25) is 29.8 Å². The monoisotopic (exact) mass is 520 g/mol. The third-order valence-corrected chi connectivity index (χ3v) is 5.40. The van der Waals surface area contributed by atoms with Crippen LogP contribution in [0, 0.1) is 10.1 Å². The van der Waals surface area contributed by atoms with Crippen LogP contribution in [0.25, 0.3) is 6.08 Å². The van der Waals surface area contributed by atoms with Crippen molar-refractivity contribution in [1.82, 2.24) is 5.32 Å². The summed E-state index contributed by atoms with van der Waals surface area (Å²) in [6.45, 7) is -0.303. The summed E-state index contributed by atoms with van der Waals surface area (Å²) in [6, 6.07) is 17.0. The van der Waals surface area contributed by atoms with Crippen LogP contribution in [0.1, 0.15) is 5.56 Å². The van der Waals surface area contributed by atoms with Gasteiger partial charge in [-0.05, 0) is 48.0 Å². The Morgan fingerprint density at radius 2 is 1.76 bits per heavy atom. The van der Waals surface area contributed by atoms with Crippen LogP contribution in [-0.2, 0) is 14.4 Å². The van der Waals surface area contributed by atoms with Gasteiger partial charge in [0.2, 0.25) is 0 Å². The SMILES string of the molecule is O=C(COc1ccc(/C=C2\C(=O)NC(=O)N(c3ccc([N+](=O)[O-])cc3)C2=O)cc1Cl)Nc1ccccc1. The maximum atomic E-state index is 13.0. The summed E-state index contributed by atoms with van der Waals surface area (Å²) >= 11 is 6.26. The van der Waals surface area contributed by atoms with Gasteiger partial charge in [-0.2, -0.15) is 0 Å². The Hall–Kier alpha value is -5.03. The number of hydrogen-bond donors (Lipinski definition) is 2. The number of hydrogen-bond acceptors (Lipinski definition) is 7. The number of nitro benzene ring substituents is 1. The molecule has 1 saturated heterocycles. The molecule has 3 aromatic carbocycles. The first kappa shape index (κ1) is 25.1. The van der Waals surface area contributed by atoms with Crippen molar-refractivity contribution >= 4 is 58.5 Å². The molecule has 4 rings (SSSR count). The quantitative estimate of drug-likeness (QED) is 0.207. The Bertz CT molecular complexity index is 1440. The molecule has 12 heteroatoms. The van der Waals surface area contributed by atoms with Gasteiger partial charge in [-0.25, -0.2) is 9.69 Å². The molecule has 186 valence electrons. The molecular weight excluding hydrogens is 504 g/mol. The summed E-state index contributed by atoms with van der Waals surface area (Å²) in [4.78, 5) is 60.7. The van der Waals surface area contributed by atoms with E-state index in [1.807, 2.05) is 6.07 Å². The lowest BCUT2D eigenvalue weighted by atomic mass is 10.1. The molecule has 5 amide bonds. The third-order valence-electron chi connectivity index (χ3n) is 5.10. The third kappa shape index (κ3) is 5.80. The lowest BCUT2D eigenvalue weighted by Gasteiger charge is -2.26. The average molecular weight is 521 g/mol. The first-order valence-electron chi connectivity index (χ1n) is 10.7. The minimum absolute atomic E-state index is 0.0436. The fourth-order valence-electron chi connectivity index (χ4n) is 3.37. The first-order valence-corrected chi connectivity index (χ1v) is 11.0. The average Bonchev–Trinajstić information content (AvgIpc) is 2.87. The molecule has 0 radical (unpaired) electrons. The van der Waals surface area contributed by atoms with Gasteiger partial charge >= 0.3 is 6.03 Å². The number of benzene rings is 3. The van der Waals surface area contributed by atoms with E-state index in [1.165, 1.54) is 36.4 Å². The fourth-order valence-corrected chi connectivity index (χ4v) is 3.61. The predicted octanol–water partition coefficient (Wildman–Crippen LogP) is 3.93. The zero-order valence-electron chi connectivity index (χ0n) is 18.8. The summed E-state index contributed by atoms with van der Waals surface area (Å²) in [7, 11) is 0. The Morgan fingerprint density at radius 3 is 2.41 bits per heavy atom. The molecule has 0 aromatic heterocycles. The zero-order chi connectivity index (χ0) is 26.5. The Kier molecular flexibility index (Phi) is 7.26. The van der Waals surface area contributed by atoms with Crippen LogP contribution in [0.2, 0.25) is 5.02 Å². The van der Waals surface area contributed by atoms with Crippen molar-refractivity contribution in [2.45, 2.75) is 0 Å². The molecule has 0 atom stereocenters. The van der Waals surface area contributed by atoms with Gasteiger partial charge in [0.1, 0.15) is 11.3 Å². The molecule has 0 bridgehead atoms. The van der Waals surface area contributed by atoms with E-state index in [0.29, 0.717) is 16.2 Å². The molecule has 11 nitrogen and oxygen atoms in total. The van der Waals surface area contributed by atoms with Crippen molar-refractivity contribution in [2.24, 2.45) is 0 Å². The van der Waals surface area contributed by atoms with Crippen molar-refractivity contribution in [2.75, 3.05) is 16.8 Å². The molecule has 0 unspecified atom stereocenters. The molecule has 1 aliphatic rings. The molecule has 2 N–H and O–H groups in total. The summed E-state index contributed by atoms with van der Waals surface area (Å²) in [5, 5.41) is 15.7. The van der Waals surface area contributed by atoms with E-state index >= 15 is 0 Å². The standard InChI is InChI=1S/C25H17ClN4O7/c26-20-13-15(6-11-21(20)37-14-22(31)27-16-4-2-1-3-5-16)12-19-23(32)28-25(34)29(24(19)33)17-7-9-18(10-8-17)30(35)36/h1-13H,14H2,(H,27,31)(H,28,32,34)/b19-12+. The van der Waals surface area contributed by atoms with Crippen LogP contribution >= 0.6 is 11.6 Å². The van der Waals surface area contributed by atoms with E-state index in [-0.39, 0.29) is 34.3 Å². The van der Waals surface area contributed by atoms with Crippen molar-refractivity contribution in [3.8, 4) is 5.75 Å². The second kappa shape index (κ2) is 10.7. The molecule has 1 aliphatic heterocycles. The van der Waals surface area contributed by atoms with E-state index in [1.54, 1.807) is 24.3 Å². The van der Waals surface area contributed by atoms with Crippen molar-refractivity contribution in [1.29, 1.82) is 0 Å². The van der Waals surface area contributed by atoms with Crippen molar-refractivity contribution in [3.05, 3.63) is 99.1 Å². The van der Waals surface area contributed by atoms with E-state index in [9.17, 15) is 29.3 Å². The number of carbonyl (C=O) groups excluding carboxylic acids is 4. The lowest BCUT2D eigenvalue weighted by molar-refractivity contribution is -0.384. The summed E-state index contributed by atoms with van der Waals surface area (Å²) < 4.78 is 5.46. The normalized spacial score (nSPS) is 14.4. The van der Waals surface area contributed by atoms with Crippen LogP contribution in [0.4, 0.5) is 21.9 Å². The highest BCUT2D eigenvalue weighted by atomic mass is 35.5. The Labute approximate surface area is 214 Å². The molecule has 3 aromatic rings. The Morgan fingerprint density at radius 1 is 1.05 bits per heavy atom. The second-order valence-corrected chi connectivity index (χ2v) is 8.03. The number of non-ortho nitro benzene ring substituents is 1. The van der Waals surface area contributed by atoms with Gasteiger partial charge in [-0.1, -0.05) is 35.9 Å². The molecule has 1 heterocycles. The number of barbiturate groups is 1. The zero-order valence-corrected chi connectivity index (χ0v) is 19.6. The molecular formula is C25H17ClN4O7. The highest BCUT2D eigenvalue weighted by Crippen LogP contribution is 2.28. The molecule has 0 aliphatic carbocycles. The van der Waals surface area contributed by atoms with Crippen LogP contribution in [0.5, 0.6) is 5.75 Å². The number of nitro groups is 1. The van der Waals surface area contributed by atoms with Gasteiger partial charge in [0.15, 0.2) is 6.61 Å². The first-order chi connectivity index (χ1) is 17.7. The van der Waals surface area contributed by atoms with Gasteiger partial charge in [0, 0.05) is 17.8 Å². The minimum Gasteiger partial charge on any atom is -0.482 e. The number of amides is 5. The van der Waals surface area contributed by atoms with E-state index in [2.05, 4.69) is 10.6 Å². The van der Waals surface area contributed by atoms with Crippen LogP contribution in [0.3, 0.4) is 0 Å². The van der Waals surface area contributed by atoms with Crippen LogP contribution in [0.15, 0.2) is 78.4 Å². The number of carbonyl (C=O) groups is 4. The molecule has 0 saturated carbocycles. The Balaban J connectivity index is 1.49. The van der Waals surface area contributed by atoms with Gasteiger partial charge in [0.25, 0.3) is 23.4 Å². The van der Waals surface area contributed by atoms with E-state index in [0.717, 1.165) is 12.1 Å². The largest absolute Gasteiger partial charge is 0.482 e. The maximum absolute atomic E-state index is 13.0. The van der Waals surface area contributed by atoms with Crippen LogP contribution < -0.4 is 20.3 Å². The molecule has 1 fully saturated rings. The number of nitrogens with one attached hydrogen (secondary N) is 2. The highest BCUT2D eigenvalue weighted by Gasteiger charge is 2.37. The van der Waals surface area contributed by atoms with Gasteiger partial charge in [-0.15, -0.1) is 0 Å². The number of halogens is 1. The highest BCUT2D eigenvalue weighted by molar-refractivity contribution is 6.39. The second-order valence-electron chi connectivity index (χ2n) is 7.62. The van der Waals surface area contributed by atoms with Crippen molar-refractivity contribution < 1.29 is 28.8 Å². The summed E-state index contributed by atoms with van der Waals surface area (Å²) in [6.07, 6.45) is 1.24. The number of urea groups is 1. The number of anilines is 2. The smallest absolute Gasteiger partial charge is 0.335 e. The molecule has 0 spiro atoms.